The molecule has 22 heavy (non-hydrogen) atoms. The Balaban J connectivity index is 2.86. The van der Waals surface area contributed by atoms with E-state index in [-0.39, 0.29) is 5.92 Å². The smallest absolute Gasteiger partial charge is 0.235 e. The molecule has 0 bridgehead atoms. The third-order valence-electron chi connectivity index (χ3n) is 5.58. The molecule has 1 aliphatic carbocycles. The topological polar surface area (TPSA) is 66.9 Å². The van der Waals surface area contributed by atoms with E-state index in [1.165, 1.54) is 51.4 Å². The van der Waals surface area contributed by atoms with Gasteiger partial charge in [-0.1, -0.05) is 84.5 Å². The van der Waals surface area contributed by atoms with Crippen molar-refractivity contribution < 1.29 is 4.79 Å². The zero-order valence-electron chi connectivity index (χ0n) is 14.5. The van der Waals surface area contributed by atoms with E-state index in [0.717, 1.165) is 19.3 Å². The van der Waals surface area contributed by atoms with Gasteiger partial charge in [0.2, 0.25) is 5.91 Å². The normalized spacial score (nSPS) is 22.8. The second-order valence-electron chi connectivity index (χ2n) is 7.14. The Hall–Kier alpha value is -1.04. The molecule has 0 spiro atoms. The van der Waals surface area contributed by atoms with E-state index in [0.29, 0.717) is 11.8 Å². The maximum Gasteiger partial charge on any atom is 0.235 e. The Morgan fingerprint density at radius 3 is 1.91 bits per heavy atom. The lowest BCUT2D eigenvalue weighted by Crippen LogP contribution is -2.37. The van der Waals surface area contributed by atoms with Crippen LogP contribution in [0.2, 0.25) is 0 Å². The van der Waals surface area contributed by atoms with Crippen LogP contribution in [-0.4, -0.2) is 5.91 Å². The molecule has 0 radical (unpaired) electrons. The number of rotatable bonds is 5. The first-order valence-electron chi connectivity index (χ1n) is 9.30. The van der Waals surface area contributed by atoms with Gasteiger partial charge in [-0.2, -0.15) is 5.26 Å². The van der Waals surface area contributed by atoms with Gasteiger partial charge >= 0.3 is 0 Å². The fourth-order valence-corrected chi connectivity index (χ4v) is 4.08. The highest BCUT2D eigenvalue weighted by Gasteiger charge is 2.35. The Morgan fingerprint density at radius 2 is 1.55 bits per heavy atom. The average molecular weight is 306 g/mol. The van der Waals surface area contributed by atoms with Crippen LogP contribution in [0.3, 0.4) is 0 Å². The number of carbonyl (C=O) groups excluding carboxylic acids is 1. The number of amides is 1. The molecule has 0 aromatic carbocycles. The predicted octanol–water partition coefficient (Wildman–Crippen LogP) is 4.80. The second-order valence-corrected chi connectivity index (χ2v) is 7.14. The van der Waals surface area contributed by atoms with E-state index < -0.39 is 11.8 Å². The van der Waals surface area contributed by atoms with Crippen LogP contribution < -0.4 is 5.73 Å². The zero-order chi connectivity index (χ0) is 16.4. The molecule has 1 fully saturated rings. The van der Waals surface area contributed by atoms with E-state index in [2.05, 4.69) is 19.9 Å². The van der Waals surface area contributed by atoms with Gasteiger partial charge in [0.1, 0.15) is 5.92 Å². The maximum atomic E-state index is 11.8. The highest BCUT2D eigenvalue weighted by molar-refractivity contribution is 5.79. The van der Waals surface area contributed by atoms with Crippen molar-refractivity contribution in [3.63, 3.8) is 0 Å². The first kappa shape index (κ1) is 19.0. The number of primary amides is 1. The summed E-state index contributed by atoms with van der Waals surface area (Å²) in [6.45, 7) is 4.33. The molecule has 0 aromatic rings. The predicted molar refractivity (Wildman–Crippen MR) is 90.9 cm³/mol. The largest absolute Gasteiger partial charge is 0.369 e. The minimum atomic E-state index is -0.620. The number of hydrogen-bond donors (Lipinski definition) is 1. The number of nitrogens with two attached hydrogens (primary N) is 1. The molecule has 2 N–H and O–H groups in total. The molecule has 3 unspecified atom stereocenters. The van der Waals surface area contributed by atoms with Crippen LogP contribution in [0.25, 0.3) is 0 Å². The van der Waals surface area contributed by atoms with E-state index in [1.54, 1.807) is 0 Å². The van der Waals surface area contributed by atoms with Crippen LogP contribution in [0.1, 0.15) is 84.5 Å². The van der Waals surface area contributed by atoms with Crippen molar-refractivity contribution >= 4 is 5.91 Å². The molecule has 1 rings (SSSR count). The molecule has 0 aromatic heterocycles. The first-order valence-corrected chi connectivity index (χ1v) is 9.30. The van der Waals surface area contributed by atoms with Crippen molar-refractivity contribution in [2.45, 2.75) is 84.5 Å². The third kappa shape index (κ3) is 5.99. The van der Waals surface area contributed by atoms with Gasteiger partial charge < -0.3 is 5.73 Å². The summed E-state index contributed by atoms with van der Waals surface area (Å²) >= 11 is 0. The van der Waals surface area contributed by atoms with Crippen molar-refractivity contribution in [1.82, 2.24) is 0 Å². The van der Waals surface area contributed by atoms with Gasteiger partial charge in [0.25, 0.3) is 0 Å². The molecule has 3 atom stereocenters. The van der Waals surface area contributed by atoms with Crippen molar-refractivity contribution in [3.8, 4) is 6.07 Å². The fraction of sp³-hybridized carbons (Fsp3) is 0.895. The Kier molecular flexibility index (Phi) is 9.20. The van der Waals surface area contributed by atoms with E-state index >= 15 is 0 Å². The number of nitrogens with zero attached hydrogens (tertiary/aromatic N) is 1. The van der Waals surface area contributed by atoms with Crippen molar-refractivity contribution in [2.75, 3.05) is 0 Å². The van der Waals surface area contributed by atoms with Crippen LogP contribution in [0.5, 0.6) is 0 Å². The minimum absolute atomic E-state index is 0.133. The molecule has 1 amide bonds. The van der Waals surface area contributed by atoms with Gasteiger partial charge in [-0.25, -0.2) is 0 Å². The van der Waals surface area contributed by atoms with Gasteiger partial charge in [-0.15, -0.1) is 0 Å². The van der Waals surface area contributed by atoms with Crippen molar-refractivity contribution in [1.29, 1.82) is 5.26 Å². The Bertz CT molecular complexity index is 349. The lowest BCUT2D eigenvalue weighted by atomic mass is 9.70. The van der Waals surface area contributed by atoms with Gasteiger partial charge in [0.15, 0.2) is 0 Å². The summed E-state index contributed by atoms with van der Waals surface area (Å²) in [5.74, 6) is -0.0575. The monoisotopic (exact) mass is 306 g/mol. The standard InChI is InChI=1S/C19H34N2O/c1-3-15(2)18(17(14-20)19(21)22)16-12-10-8-6-4-5-7-9-11-13-16/h15-18H,3-13H2,1-2H3,(H2,21,22). The number of hydrogen-bond acceptors (Lipinski definition) is 2. The maximum absolute atomic E-state index is 11.8. The molecular formula is C19H34N2O. The van der Waals surface area contributed by atoms with Gasteiger partial charge in [-0.05, 0) is 17.8 Å². The SMILES string of the molecule is CCC(C)C(C1CCCCCCCCCC1)C(C#N)C(N)=O. The van der Waals surface area contributed by atoms with Crippen LogP contribution in [0.15, 0.2) is 0 Å². The lowest BCUT2D eigenvalue weighted by Gasteiger charge is -2.34. The molecule has 0 saturated heterocycles. The molecule has 3 heteroatoms. The Morgan fingerprint density at radius 1 is 1.09 bits per heavy atom. The fourth-order valence-electron chi connectivity index (χ4n) is 4.08. The van der Waals surface area contributed by atoms with Gasteiger partial charge in [0, 0.05) is 0 Å². The summed E-state index contributed by atoms with van der Waals surface area (Å²) in [6.07, 6.45) is 13.7. The highest BCUT2D eigenvalue weighted by Crippen LogP contribution is 2.37. The van der Waals surface area contributed by atoms with E-state index in [4.69, 9.17) is 5.73 Å². The summed E-state index contributed by atoms with van der Waals surface area (Å²) < 4.78 is 0. The van der Waals surface area contributed by atoms with Gasteiger partial charge in [-0.3, -0.25) is 4.79 Å². The molecule has 3 nitrogen and oxygen atoms in total. The van der Waals surface area contributed by atoms with E-state index in [1.807, 2.05) is 0 Å². The lowest BCUT2D eigenvalue weighted by molar-refractivity contribution is -0.123. The molecule has 0 aliphatic heterocycles. The zero-order valence-corrected chi connectivity index (χ0v) is 14.5. The summed E-state index contributed by atoms with van der Waals surface area (Å²) in [5.41, 5.74) is 5.54. The van der Waals surface area contributed by atoms with E-state index in [9.17, 15) is 10.1 Å². The first-order chi connectivity index (χ1) is 10.6. The van der Waals surface area contributed by atoms with Crippen LogP contribution >= 0.6 is 0 Å². The highest BCUT2D eigenvalue weighted by atomic mass is 16.1. The van der Waals surface area contributed by atoms with Gasteiger partial charge in [0.05, 0.1) is 6.07 Å². The Labute approximate surface area is 136 Å². The molecular weight excluding hydrogens is 272 g/mol. The van der Waals surface area contributed by atoms with Crippen LogP contribution in [0, 0.1) is 35.0 Å². The van der Waals surface area contributed by atoms with Crippen LogP contribution in [0.4, 0.5) is 0 Å². The summed E-state index contributed by atoms with van der Waals surface area (Å²) in [7, 11) is 0. The van der Waals surface area contributed by atoms with Crippen molar-refractivity contribution in [3.05, 3.63) is 0 Å². The summed E-state index contributed by atoms with van der Waals surface area (Å²) in [5, 5.41) is 9.46. The molecule has 1 aliphatic rings. The van der Waals surface area contributed by atoms with Crippen molar-refractivity contribution in [2.24, 2.45) is 29.4 Å². The quantitative estimate of drug-likeness (QED) is 0.792. The summed E-state index contributed by atoms with van der Waals surface area (Å²) in [4.78, 5) is 11.8. The van der Waals surface area contributed by atoms with Crippen LogP contribution in [-0.2, 0) is 4.79 Å². The molecule has 1 saturated carbocycles. The number of nitriles is 1. The number of carbonyl (C=O) groups is 1. The average Bonchev–Trinajstić information content (AvgIpc) is 2.56. The minimum Gasteiger partial charge on any atom is -0.369 e. The molecule has 126 valence electrons. The summed E-state index contributed by atoms with van der Waals surface area (Å²) in [6, 6.07) is 2.22. The second kappa shape index (κ2) is 10.6. The third-order valence-corrected chi connectivity index (χ3v) is 5.58. The molecule has 0 heterocycles.